The summed E-state index contributed by atoms with van der Waals surface area (Å²) < 4.78 is 0. The molecule has 9 aliphatic carbocycles. The van der Waals surface area contributed by atoms with Crippen molar-refractivity contribution in [3.63, 3.8) is 0 Å². The van der Waals surface area contributed by atoms with Gasteiger partial charge in [0.1, 0.15) is 0 Å². The van der Waals surface area contributed by atoms with Gasteiger partial charge in [0.15, 0.2) is 0 Å². The van der Waals surface area contributed by atoms with Crippen molar-refractivity contribution in [2.24, 2.45) is 124 Å². The van der Waals surface area contributed by atoms with E-state index in [2.05, 4.69) is 105 Å². The fraction of sp³-hybridized carbons (Fsp3) is 1.00. The molecule has 12 aliphatic rings. The zero-order valence-corrected chi connectivity index (χ0v) is 60.8. The Bertz CT molecular complexity index is 1940. The molecule has 0 radical (unpaired) electrons. The van der Waals surface area contributed by atoms with Crippen LogP contribution in [-0.2, 0) is 0 Å². The molecule has 12 fully saturated rings. The van der Waals surface area contributed by atoms with Crippen molar-refractivity contribution >= 4 is 0 Å². The molecule has 0 aromatic rings. The Morgan fingerprint density at radius 2 is 1.07 bits per heavy atom. The molecule has 0 aromatic heterocycles. The van der Waals surface area contributed by atoms with Gasteiger partial charge in [0, 0.05) is 48.3 Å². The number of fused-ring (bicyclic) bond motifs is 7. The molecule has 0 spiro atoms. The molecule has 9 saturated carbocycles. The lowest BCUT2D eigenvalue weighted by atomic mass is 9.60. The highest BCUT2D eigenvalue weighted by Crippen LogP contribution is 2.57. The third-order valence-electron chi connectivity index (χ3n) is 31.1. The van der Waals surface area contributed by atoms with Gasteiger partial charge in [-0.2, -0.15) is 0 Å². The Morgan fingerprint density at radius 3 is 1.80 bits per heavy atom. The Labute approximate surface area is 544 Å². The number of unbranched alkanes of at least 4 members (excludes halogenated alkanes) is 4. The molecule has 87 heavy (non-hydrogen) atoms. The van der Waals surface area contributed by atoms with Crippen LogP contribution in [-0.4, -0.2) is 58.1 Å². The van der Waals surface area contributed by atoms with E-state index >= 15 is 0 Å². The van der Waals surface area contributed by atoms with E-state index in [1.54, 1.807) is 32.1 Å². The van der Waals surface area contributed by atoms with E-state index in [0.717, 1.165) is 173 Å². The zero-order valence-electron chi connectivity index (χ0n) is 60.8. The van der Waals surface area contributed by atoms with Gasteiger partial charge in [-0.3, -0.25) is 9.80 Å². The molecule has 0 aromatic carbocycles. The van der Waals surface area contributed by atoms with E-state index in [1.165, 1.54) is 238 Å². The minimum absolute atomic E-state index is 0.856. The van der Waals surface area contributed by atoms with E-state index in [1.807, 2.05) is 0 Å². The summed E-state index contributed by atoms with van der Waals surface area (Å²) >= 11 is 0. The maximum atomic E-state index is 3.85. The molecule has 504 valence electrons. The molecule has 3 aliphatic heterocycles. The smallest absolute Gasteiger partial charge is 0.0135 e. The van der Waals surface area contributed by atoms with Crippen molar-refractivity contribution in [3.05, 3.63) is 0 Å². The molecule has 12 rings (SSSR count). The van der Waals surface area contributed by atoms with Gasteiger partial charge in [-0.1, -0.05) is 231 Å². The molecule has 0 amide bonds. The number of rotatable bonds is 23. The normalized spacial score (nSPS) is 44.5. The average molecular weight is 1210 g/mol. The maximum Gasteiger partial charge on any atom is 0.0135 e. The molecule has 3 nitrogen and oxygen atoms in total. The number of hydrogen-bond donors (Lipinski definition) is 1. The van der Waals surface area contributed by atoms with Gasteiger partial charge in [0.05, 0.1) is 0 Å². The summed E-state index contributed by atoms with van der Waals surface area (Å²) in [6, 6.07) is 7.23. The second kappa shape index (κ2) is 33.5. The van der Waals surface area contributed by atoms with Gasteiger partial charge < -0.3 is 5.32 Å². The van der Waals surface area contributed by atoms with E-state index in [9.17, 15) is 0 Å². The molecule has 1 N–H and O–H groups in total. The van der Waals surface area contributed by atoms with Crippen molar-refractivity contribution in [2.75, 3.05) is 0 Å². The highest BCUT2D eigenvalue weighted by atomic mass is 15.3. The third kappa shape index (κ3) is 16.6. The Balaban J connectivity index is 0.000000161. The minimum atomic E-state index is 0.856. The molecule has 3 heterocycles. The first kappa shape index (κ1) is 69.7. The fourth-order valence-electron chi connectivity index (χ4n) is 26.2. The zero-order chi connectivity index (χ0) is 61.3. The lowest BCUT2D eigenvalue weighted by Crippen LogP contribution is -2.55. The quantitative estimate of drug-likeness (QED) is 0.103. The second-order valence-corrected chi connectivity index (χ2v) is 36.2. The van der Waals surface area contributed by atoms with Crippen LogP contribution in [0.15, 0.2) is 0 Å². The van der Waals surface area contributed by atoms with Gasteiger partial charge >= 0.3 is 0 Å². The summed E-state index contributed by atoms with van der Waals surface area (Å²) in [5.74, 6) is 20.8. The predicted octanol–water partition coefficient (Wildman–Crippen LogP) is 23.8. The molecule has 0 bridgehead atoms. The van der Waals surface area contributed by atoms with Crippen molar-refractivity contribution < 1.29 is 0 Å². The summed E-state index contributed by atoms with van der Waals surface area (Å²) in [5.41, 5.74) is 0. The van der Waals surface area contributed by atoms with E-state index in [-0.39, 0.29) is 0 Å². The van der Waals surface area contributed by atoms with Crippen molar-refractivity contribution in [1.82, 2.24) is 15.1 Å². The molecule has 3 heteroatoms. The Hall–Kier alpha value is -0.120. The number of nitrogens with one attached hydrogen (secondary N) is 1. The van der Waals surface area contributed by atoms with Gasteiger partial charge in [-0.15, -0.1) is 0 Å². The fourth-order valence-corrected chi connectivity index (χ4v) is 26.2. The van der Waals surface area contributed by atoms with E-state index in [4.69, 9.17) is 0 Å². The topological polar surface area (TPSA) is 18.5 Å². The number of hydrogen-bond acceptors (Lipinski definition) is 3. The van der Waals surface area contributed by atoms with Gasteiger partial charge in [-0.05, 0) is 253 Å². The van der Waals surface area contributed by atoms with Crippen molar-refractivity contribution in [2.45, 2.75) is 408 Å². The van der Waals surface area contributed by atoms with Crippen molar-refractivity contribution in [3.8, 4) is 0 Å². The monoisotopic (exact) mass is 1200 g/mol. The Kier molecular flexibility index (Phi) is 26.8. The molecule has 27 unspecified atom stereocenters. The summed E-state index contributed by atoms with van der Waals surface area (Å²) in [6.07, 6.45) is 62.7. The van der Waals surface area contributed by atoms with Crippen LogP contribution in [0, 0.1) is 124 Å². The third-order valence-corrected chi connectivity index (χ3v) is 31.1. The van der Waals surface area contributed by atoms with Crippen LogP contribution >= 0.6 is 0 Å². The Morgan fingerprint density at radius 1 is 0.414 bits per heavy atom. The van der Waals surface area contributed by atoms with Crippen LogP contribution < -0.4 is 5.32 Å². The first-order chi connectivity index (χ1) is 42.2. The second-order valence-electron chi connectivity index (χ2n) is 36.2. The van der Waals surface area contributed by atoms with Crippen LogP contribution in [0.25, 0.3) is 0 Å². The first-order valence-electron chi connectivity index (χ1n) is 41.5. The lowest BCUT2D eigenvalue weighted by molar-refractivity contribution is -0.00920. The van der Waals surface area contributed by atoms with Crippen LogP contribution in [0.4, 0.5) is 0 Å². The summed E-state index contributed by atoms with van der Waals surface area (Å²) in [5, 5.41) is 3.85. The number of nitrogens with zero attached hydrogens (tertiary/aromatic N) is 2. The van der Waals surface area contributed by atoms with Crippen LogP contribution in [0.3, 0.4) is 0 Å². The molecule has 3 saturated heterocycles. The largest absolute Gasteiger partial charge is 0.311 e. The van der Waals surface area contributed by atoms with Crippen LogP contribution in [0.1, 0.15) is 360 Å². The lowest BCUT2D eigenvalue weighted by Gasteiger charge is -2.50. The van der Waals surface area contributed by atoms with Crippen LogP contribution in [0.2, 0.25) is 0 Å². The highest BCUT2D eigenvalue weighted by Gasteiger charge is 2.57. The highest BCUT2D eigenvalue weighted by molar-refractivity contribution is 5.11. The van der Waals surface area contributed by atoms with Gasteiger partial charge in [-0.25, -0.2) is 0 Å². The first-order valence-corrected chi connectivity index (χ1v) is 41.5. The minimum Gasteiger partial charge on any atom is -0.311 e. The summed E-state index contributed by atoms with van der Waals surface area (Å²) in [4.78, 5) is 6.53. The number of likely N-dealkylation sites (tertiary alicyclic amines) is 2. The standard InChI is InChI=1S/C39H74.C34H60N2.C11H19N/c1-8-10-12-19-34-23-26-35(27-24-34)33(7)39-28-36(25-22-32(39)6)38(29(3)9-2)21-14-11-13-17-30(4)37-20-16-15-18-31(37)5;1-6-11-23(4)25-19-26(35-31(12-7-2)24(5)30-17-22(3)18-34(30)35)21-27(20-25)36-32-15-9-8-13-28(32)29-14-10-16-33(29)36;1-7-5-6-10-11(7)8-3-2-4-9(8)12-10/h29-39H,8-28H2,1-7H3;22-34H,6-21H2,1-5H3;7-12H,2-6H2,1H3. The van der Waals surface area contributed by atoms with Crippen LogP contribution in [0.5, 0.6) is 0 Å². The van der Waals surface area contributed by atoms with E-state index in [0.29, 0.717) is 0 Å². The summed E-state index contributed by atoms with van der Waals surface area (Å²) in [7, 11) is 0. The van der Waals surface area contributed by atoms with E-state index < -0.39 is 0 Å². The maximum absolute atomic E-state index is 3.85. The average Bonchev–Trinajstić information content (AvgIpc) is 1.76. The molecular weight excluding hydrogens is 1050 g/mol. The molecule has 27 atom stereocenters. The van der Waals surface area contributed by atoms with Crippen molar-refractivity contribution in [1.29, 1.82) is 0 Å². The SMILES string of the molecule is CC1CCC2NC3CCCC3C12.CCCC(C)C1CC(N2C(CCC)C(C)C3CC(C)CC32)CC(N2C3CCCCC3C3CCCC32)C1.CCCCCC1CCC(C(C)C2CC(C(CCCCCC(C)C3CCCCC3C)C(C)CC)CCC2C)CC1. The summed E-state index contributed by atoms with van der Waals surface area (Å²) in [6.45, 7) is 33.0. The van der Waals surface area contributed by atoms with Gasteiger partial charge in [0.25, 0.3) is 0 Å². The predicted molar refractivity (Wildman–Crippen MR) is 378 cm³/mol. The molecular formula is C84H153N3. The van der Waals surface area contributed by atoms with Gasteiger partial charge in [0.2, 0.25) is 0 Å².